The summed E-state index contributed by atoms with van der Waals surface area (Å²) in [5.41, 5.74) is -0.850. The number of carboxylic acid groups (broad SMARTS) is 1. The molecule has 0 aromatic carbocycles. The Balaban J connectivity index is 1.98. The highest BCUT2D eigenvalue weighted by atomic mass is 16.4. The molecule has 1 aliphatic carbocycles. The Labute approximate surface area is 103 Å². The third-order valence-electron chi connectivity index (χ3n) is 3.40. The van der Waals surface area contributed by atoms with E-state index in [9.17, 15) is 14.7 Å². The average molecular weight is 253 g/mol. The largest absolute Gasteiger partial charge is 0.481 e. The summed E-state index contributed by atoms with van der Waals surface area (Å²) in [5.74, 6) is -1.43. The van der Waals surface area contributed by atoms with E-state index in [2.05, 4.69) is 25.9 Å². The molecular weight excluding hydrogens is 238 g/mol. The number of carbonyl (C=O) groups is 2. The van der Waals surface area contributed by atoms with Crippen LogP contribution in [0.3, 0.4) is 0 Å². The van der Waals surface area contributed by atoms with Crippen LogP contribution in [0.1, 0.15) is 42.7 Å². The summed E-state index contributed by atoms with van der Waals surface area (Å²) >= 11 is 0. The number of aromatic amines is 1. The van der Waals surface area contributed by atoms with Gasteiger partial charge in [-0.05, 0) is 18.1 Å². The van der Waals surface area contributed by atoms with Crippen LogP contribution in [-0.4, -0.2) is 44.2 Å². The van der Waals surface area contributed by atoms with Gasteiger partial charge in [0.2, 0.25) is 0 Å². The first-order valence-corrected chi connectivity index (χ1v) is 5.89. The van der Waals surface area contributed by atoms with Gasteiger partial charge < -0.3 is 10.4 Å². The normalized spacial score (nSPS) is 18.2. The Morgan fingerprint density at radius 3 is 2.61 bits per heavy atom. The molecule has 0 spiro atoms. The zero-order valence-corrected chi connectivity index (χ0v) is 9.85. The topological polar surface area (TPSA) is 121 Å². The van der Waals surface area contributed by atoms with Crippen molar-refractivity contribution in [3.63, 3.8) is 0 Å². The van der Waals surface area contributed by atoms with Gasteiger partial charge in [-0.2, -0.15) is 5.21 Å². The van der Waals surface area contributed by atoms with Crippen LogP contribution in [0.2, 0.25) is 0 Å². The number of amides is 1. The van der Waals surface area contributed by atoms with Crippen molar-refractivity contribution in [3.05, 3.63) is 5.82 Å². The molecule has 0 saturated heterocycles. The van der Waals surface area contributed by atoms with Gasteiger partial charge in [0.05, 0.1) is 5.41 Å². The molecule has 0 bridgehead atoms. The predicted molar refractivity (Wildman–Crippen MR) is 59.7 cm³/mol. The molecule has 98 valence electrons. The standard InChI is InChI=1S/C10H15N5O3/c16-8(7-12-14-15-13-7)11-6-10(9(17)18)4-2-1-3-5-10/h1-6H2,(H,11,16)(H,17,18)(H,12,13,14,15). The van der Waals surface area contributed by atoms with E-state index in [-0.39, 0.29) is 12.4 Å². The van der Waals surface area contributed by atoms with Gasteiger partial charge in [0, 0.05) is 6.54 Å². The second-order valence-corrected chi connectivity index (χ2v) is 4.56. The quantitative estimate of drug-likeness (QED) is 0.692. The number of carboxylic acids is 1. The number of carbonyl (C=O) groups excluding carboxylic acids is 1. The number of tetrazole rings is 1. The van der Waals surface area contributed by atoms with Crippen LogP contribution in [0.5, 0.6) is 0 Å². The van der Waals surface area contributed by atoms with Gasteiger partial charge in [-0.25, -0.2) is 0 Å². The Morgan fingerprint density at radius 2 is 2.06 bits per heavy atom. The minimum Gasteiger partial charge on any atom is -0.481 e. The Bertz CT molecular complexity index is 425. The van der Waals surface area contributed by atoms with Crippen molar-refractivity contribution in [2.24, 2.45) is 5.41 Å². The maximum Gasteiger partial charge on any atom is 0.311 e. The third-order valence-corrected chi connectivity index (χ3v) is 3.40. The van der Waals surface area contributed by atoms with Crippen molar-refractivity contribution in [3.8, 4) is 0 Å². The molecule has 8 heteroatoms. The zero-order valence-electron chi connectivity index (χ0n) is 9.85. The van der Waals surface area contributed by atoms with Crippen LogP contribution < -0.4 is 5.32 Å². The number of hydrogen-bond acceptors (Lipinski definition) is 5. The lowest BCUT2D eigenvalue weighted by Crippen LogP contribution is -2.44. The Kier molecular flexibility index (Phi) is 3.54. The van der Waals surface area contributed by atoms with Gasteiger partial charge in [0.15, 0.2) is 0 Å². The molecule has 18 heavy (non-hydrogen) atoms. The molecule has 1 aromatic heterocycles. The van der Waals surface area contributed by atoms with E-state index >= 15 is 0 Å². The second-order valence-electron chi connectivity index (χ2n) is 4.56. The van der Waals surface area contributed by atoms with Gasteiger partial charge in [0.1, 0.15) is 0 Å². The van der Waals surface area contributed by atoms with E-state index in [1.165, 1.54) is 0 Å². The fraction of sp³-hybridized carbons (Fsp3) is 0.700. The van der Waals surface area contributed by atoms with E-state index in [1.54, 1.807) is 0 Å². The number of aliphatic carboxylic acids is 1. The maximum atomic E-state index is 11.6. The van der Waals surface area contributed by atoms with Crippen molar-refractivity contribution in [2.75, 3.05) is 6.54 Å². The number of aromatic nitrogens is 4. The molecule has 1 aliphatic rings. The molecule has 8 nitrogen and oxygen atoms in total. The van der Waals surface area contributed by atoms with E-state index < -0.39 is 17.3 Å². The van der Waals surface area contributed by atoms with E-state index in [0.29, 0.717) is 12.8 Å². The summed E-state index contributed by atoms with van der Waals surface area (Å²) in [6, 6.07) is 0. The lowest BCUT2D eigenvalue weighted by molar-refractivity contribution is -0.150. The first-order valence-electron chi connectivity index (χ1n) is 5.89. The van der Waals surface area contributed by atoms with E-state index in [1.807, 2.05) is 0 Å². The van der Waals surface area contributed by atoms with Crippen LogP contribution in [0, 0.1) is 5.41 Å². The summed E-state index contributed by atoms with van der Waals surface area (Å²) in [5, 5.41) is 24.4. The van der Waals surface area contributed by atoms with Crippen molar-refractivity contribution in [1.29, 1.82) is 0 Å². The highest BCUT2D eigenvalue weighted by molar-refractivity contribution is 5.90. The lowest BCUT2D eigenvalue weighted by Gasteiger charge is -2.32. The first-order chi connectivity index (χ1) is 8.64. The third kappa shape index (κ3) is 2.47. The fourth-order valence-electron chi connectivity index (χ4n) is 2.28. The van der Waals surface area contributed by atoms with E-state index in [0.717, 1.165) is 19.3 Å². The summed E-state index contributed by atoms with van der Waals surface area (Å²) < 4.78 is 0. The molecule has 1 saturated carbocycles. The molecule has 2 rings (SSSR count). The molecule has 0 unspecified atom stereocenters. The maximum absolute atomic E-state index is 11.6. The van der Waals surface area contributed by atoms with Crippen molar-refractivity contribution in [2.45, 2.75) is 32.1 Å². The Morgan fingerprint density at radius 1 is 1.33 bits per heavy atom. The van der Waals surface area contributed by atoms with Crippen molar-refractivity contribution in [1.82, 2.24) is 25.9 Å². The van der Waals surface area contributed by atoms with Gasteiger partial charge in [-0.15, -0.1) is 10.2 Å². The molecule has 1 fully saturated rings. The van der Waals surface area contributed by atoms with Crippen molar-refractivity contribution >= 4 is 11.9 Å². The minimum absolute atomic E-state index is 0.0775. The minimum atomic E-state index is -0.851. The van der Waals surface area contributed by atoms with Crippen LogP contribution in [-0.2, 0) is 4.79 Å². The van der Waals surface area contributed by atoms with Gasteiger partial charge in [-0.3, -0.25) is 9.59 Å². The molecule has 3 N–H and O–H groups in total. The second kappa shape index (κ2) is 5.11. The molecule has 1 heterocycles. The van der Waals surface area contributed by atoms with Crippen LogP contribution in [0.4, 0.5) is 0 Å². The van der Waals surface area contributed by atoms with E-state index in [4.69, 9.17) is 0 Å². The number of H-pyrrole nitrogens is 1. The number of hydrogen-bond donors (Lipinski definition) is 3. The summed E-state index contributed by atoms with van der Waals surface area (Å²) in [7, 11) is 0. The van der Waals surface area contributed by atoms with Gasteiger partial charge in [0.25, 0.3) is 11.7 Å². The first kappa shape index (κ1) is 12.5. The molecule has 0 radical (unpaired) electrons. The molecule has 1 amide bonds. The van der Waals surface area contributed by atoms with Crippen LogP contribution in [0.15, 0.2) is 0 Å². The molecular formula is C10H15N5O3. The molecule has 0 aliphatic heterocycles. The average Bonchev–Trinajstić information content (AvgIpc) is 2.91. The Hall–Kier alpha value is -1.99. The highest BCUT2D eigenvalue weighted by Gasteiger charge is 2.40. The molecule has 0 atom stereocenters. The fourth-order valence-corrected chi connectivity index (χ4v) is 2.28. The summed E-state index contributed by atoms with van der Waals surface area (Å²) in [4.78, 5) is 23.0. The van der Waals surface area contributed by atoms with Crippen LogP contribution in [0.25, 0.3) is 0 Å². The highest BCUT2D eigenvalue weighted by Crippen LogP contribution is 2.35. The number of nitrogens with one attached hydrogen (secondary N) is 2. The van der Waals surface area contributed by atoms with Gasteiger partial charge in [-0.1, -0.05) is 19.3 Å². The van der Waals surface area contributed by atoms with Crippen LogP contribution >= 0.6 is 0 Å². The number of nitrogens with zero attached hydrogens (tertiary/aromatic N) is 3. The molecule has 1 aromatic rings. The lowest BCUT2D eigenvalue weighted by atomic mass is 9.74. The van der Waals surface area contributed by atoms with Gasteiger partial charge >= 0.3 is 5.97 Å². The SMILES string of the molecule is O=C(NCC1(C(=O)O)CCCCC1)c1nn[nH]n1. The van der Waals surface area contributed by atoms with Crippen molar-refractivity contribution < 1.29 is 14.7 Å². The number of rotatable bonds is 4. The zero-order chi connectivity index (χ0) is 13.0. The summed E-state index contributed by atoms with van der Waals surface area (Å²) in [6.07, 6.45) is 3.99. The smallest absolute Gasteiger partial charge is 0.311 e. The predicted octanol–water partition coefficient (Wildman–Crippen LogP) is -0.0354. The monoisotopic (exact) mass is 253 g/mol. The summed E-state index contributed by atoms with van der Waals surface area (Å²) in [6.45, 7) is 0.107.